The van der Waals surface area contributed by atoms with Crippen molar-refractivity contribution in [2.75, 3.05) is 7.11 Å². The summed E-state index contributed by atoms with van der Waals surface area (Å²) in [4.78, 5) is 10.9. The Labute approximate surface area is 135 Å². The Bertz CT molecular complexity index is 374. The van der Waals surface area contributed by atoms with Crippen LogP contribution >= 0.6 is 0 Å². The van der Waals surface area contributed by atoms with Gasteiger partial charge in [0.1, 0.15) is 6.10 Å². The fraction of sp³-hybridized carbons (Fsp3) is 0.632. The highest BCUT2D eigenvalue weighted by molar-refractivity contribution is 5.68. The van der Waals surface area contributed by atoms with Crippen molar-refractivity contribution in [3.05, 3.63) is 24.8 Å². The molecule has 22 heavy (non-hydrogen) atoms. The summed E-state index contributed by atoms with van der Waals surface area (Å²) in [7, 11) is 1.41. The molecule has 3 nitrogen and oxygen atoms in total. The molecule has 0 saturated carbocycles. The van der Waals surface area contributed by atoms with Crippen LogP contribution in [0.4, 0.5) is 0 Å². The lowest BCUT2D eigenvalue weighted by Gasteiger charge is -2.03. The summed E-state index contributed by atoms with van der Waals surface area (Å²) in [5, 5.41) is 9.71. The van der Waals surface area contributed by atoms with Gasteiger partial charge in [-0.25, -0.2) is 0 Å². The van der Waals surface area contributed by atoms with E-state index < -0.39 is 6.10 Å². The number of aliphatic hydroxyl groups excluding tert-OH is 1. The van der Waals surface area contributed by atoms with Crippen LogP contribution in [0.1, 0.15) is 64.2 Å². The van der Waals surface area contributed by atoms with Gasteiger partial charge in [-0.05, 0) is 51.0 Å². The Kier molecular flexibility index (Phi) is 14.7. The molecular weight excluding hydrogens is 276 g/mol. The molecule has 0 aliphatic heterocycles. The van der Waals surface area contributed by atoms with Gasteiger partial charge in [0.05, 0.1) is 7.11 Å². The summed E-state index contributed by atoms with van der Waals surface area (Å²) in [5.41, 5.74) is 0. The van der Waals surface area contributed by atoms with Crippen molar-refractivity contribution in [1.82, 2.24) is 0 Å². The Morgan fingerprint density at radius 2 is 1.91 bits per heavy atom. The zero-order valence-corrected chi connectivity index (χ0v) is 13.9. The minimum atomic E-state index is -0.550. The van der Waals surface area contributed by atoms with Gasteiger partial charge in [-0.3, -0.25) is 4.79 Å². The van der Waals surface area contributed by atoms with E-state index in [2.05, 4.69) is 29.2 Å². The summed E-state index contributed by atoms with van der Waals surface area (Å²) in [6.45, 7) is 3.69. The molecule has 124 valence electrons. The number of carbonyl (C=O) groups is 1. The molecule has 0 radical (unpaired) electrons. The zero-order chi connectivity index (χ0) is 16.5. The third kappa shape index (κ3) is 14.9. The van der Waals surface area contributed by atoms with E-state index in [0.717, 1.165) is 44.9 Å². The van der Waals surface area contributed by atoms with Crippen LogP contribution < -0.4 is 0 Å². The summed E-state index contributed by atoms with van der Waals surface area (Å²) in [6.07, 6.45) is 14.6. The molecule has 0 aliphatic carbocycles. The first-order chi connectivity index (χ1) is 10.7. The molecule has 0 saturated heterocycles. The van der Waals surface area contributed by atoms with Gasteiger partial charge in [0.25, 0.3) is 0 Å². The van der Waals surface area contributed by atoms with Crippen LogP contribution in [0.25, 0.3) is 0 Å². The largest absolute Gasteiger partial charge is 0.469 e. The van der Waals surface area contributed by atoms with Crippen LogP contribution in [0.3, 0.4) is 0 Å². The van der Waals surface area contributed by atoms with Crippen molar-refractivity contribution in [2.24, 2.45) is 0 Å². The lowest BCUT2D eigenvalue weighted by atomic mass is 10.1. The summed E-state index contributed by atoms with van der Waals surface area (Å²) < 4.78 is 4.58. The molecule has 0 spiro atoms. The van der Waals surface area contributed by atoms with Crippen LogP contribution in [0, 0.1) is 11.8 Å². The monoisotopic (exact) mass is 306 g/mol. The third-order valence-corrected chi connectivity index (χ3v) is 3.32. The highest BCUT2D eigenvalue weighted by Crippen LogP contribution is 2.07. The standard InChI is InChI=1S/C19H30O3/c1-3-4-5-6-7-8-9-12-15-18(20)16-13-10-11-14-17-19(21)22-2/h3,8-9,18,20H,1,4-7,10-11,13-14,16-17H2,2H3/b9-8+. The number of methoxy groups -OCH3 is 1. The fourth-order valence-corrected chi connectivity index (χ4v) is 1.97. The molecule has 0 heterocycles. The summed E-state index contributed by atoms with van der Waals surface area (Å²) in [5.74, 6) is 5.57. The Morgan fingerprint density at radius 1 is 1.18 bits per heavy atom. The normalized spacial score (nSPS) is 11.7. The molecule has 0 rings (SSSR count). The van der Waals surface area contributed by atoms with Crippen molar-refractivity contribution in [1.29, 1.82) is 0 Å². The Morgan fingerprint density at radius 3 is 2.64 bits per heavy atom. The van der Waals surface area contributed by atoms with Gasteiger partial charge in [0.2, 0.25) is 0 Å². The number of aliphatic hydroxyl groups is 1. The second-order valence-corrected chi connectivity index (χ2v) is 5.31. The molecule has 1 N–H and O–H groups in total. The molecule has 0 aliphatic rings. The van der Waals surface area contributed by atoms with E-state index in [0.29, 0.717) is 12.8 Å². The smallest absolute Gasteiger partial charge is 0.305 e. The predicted octanol–water partition coefficient (Wildman–Crippen LogP) is 4.17. The maximum absolute atomic E-state index is 10.9. The van der Waals surface area contributed by atoms with E-state index in [1.165, 1.54) is 13.5 Å². The topological polar surface area (TPSA) is 46.5 Å². The highest BCUT2D eigenvalue weighted by atomic mass is 16.5. The van der Waals surface area contributed by atoms with E-state index in [4.69, 9.17) is 0 Å². The van der Waals surface area contributed by atoms with Crippen LogP contribution in [0.2, 0.25) is 0 Å². The molecule has 1 unspecified atom stereocenters. The van der Waals surface area contributed by atoms with Gasteiger partial charge in [0.15, 0.2) is 0 Å². The van der Waals surface area contributed by atoms with Crippen molar-refractivity contribution >= 4 is 5.97 Å². The van der Waals surface area contributed by atoms with Gasteiger partial charge in [0, 0.05) is 6.42 Å². The molecule has 3 heteroatoms. The molecule has 0 aromatic heterocycles. The first-order valence-electron chi connectivity index (χ1n) is 8.22. The average molecular weight is 306 g/mol. The van der Waals surface area contributed by atoms with Crippen molar-refractivity contribution in [3.8, 4) is 11.8 Å². The van der Waals surface area contributed by atoms with Crippen LogP contribution in [-0.4, -0.2) is 24.3 Å². The maximum Gasteiger partial charge on any atom is 0.305 e. The van der Waals surface area contributed by atoms with E-state index >= 15 is 0 Å². The van der Waals surface area contributed by atoms with Gasteiger partial charge >= 0.3 is 5.97 Å². The van der Waals surface area contributed by atoms with Crippen molar-refractivity contribution in [2.45, 2.75) is 70.3 Å². The SMILES string of the molecule is C=CCCCC/C=C/C#CC(O)CCCCCCC(=O)OC. The molecular formula is C19H30O3. The van der Waals surface area contributed by atoms with Crippen LogP contribution in [0.5, 0.6) is 0 Å². The third-order valence-electron chi connectivity index (χ3n) is 3.32. The number of hydrogen-bond acceptors (Lipinski definition) is 3. The Hall–Kier alpha value is -1.53. The number of hydrogen-bond donors (Lipinski definition) is 1. The second-order valence-electron chi connectivity index (χ2n) is 5.31. The van der Waals surface area contributed by atoms with Gasteiger partial charge in [-0.15, -0.1) is 6.58 Å². The van der Waals surface area contributed by atoms with Crippen LogP contribution in [-0.2, 0) is 9.53 Å². The fourth-order valence-electron chi connectivity index (χ4n) is 1.97. The molecule has 0 amide bonds. The lowest BCUT2D eigenvalue weighted by molar-refractivity contribution is -0.140. The lowest BCUT2D eigenvalue weighted by Crippen LogP contribution is -2.02. The highest BCUT2D eigenvalue weighted by Gasteiger charge is 2.01. The van der Waals surface area contributed by atoms with Crippen molar-refractivity contribution in [3.63, 3.8) is 0 Å². The quantitative estimate of drug-likeness (QED) is 0.255. The minimum Gasteiger partial charge on any atom is -0.469 e. The first kappa shape index (κ1) is 20.5. The van der Waals surface area contributed by atoms with E-state index in [9.17, 15) is 9.90 Å². The number of rotatable bonds is 12. The average Bonchev–Trinajstić information content (AvgIpc) is 2.52. The van der Waals surface area contributed by atoms with E-state index in [1.54, 1.807) is 0 Å². The summed E-state index contributed by atoms with van der Waals surface area (Å²) >= 11 is 0. The summed E-state index contributed by atoms with van der Waals surface area (Å²) in [6, 6.07) is 0. The second kappa shape index (κ2) is 15.9. The molecule has 0 aromatic rings. The minimum absolute atomic E-state index is 0.151. The number of carbonyl (C=O) groups excluding carboxylic acids is 1. The number of ether oxygens (including phenoxy) is 1. The molecule has 1 atom stereocenters. The predicted molar refractivity (Wildman–Crippen MR) is 91.3 cm³/mol. The van der Waals surface area contributed by atoms with Gasteiger partial charge in [-0.1, -0.05) is 36.8 Å². The Balaban J connectivity index is 3.51. The number of unbranched alkanes of at least 4 members (excludes halogenated alkanes) is 6. The molecule has 0 aromatic carbocycles. The van der Waals surface area contributed by atoms with Gasteiger partial charge in [-0.2, -0.15) is 0 Å². The van der Waals surface area contributed by atoms with Gasteiger partial charge < -0.3 is 9.84 Å². The molecule has 0 bridgehead atoms. The first-order valence-corrected chi connectivity index (χ1v) is 8.22. The van der Waals surface area contributed by atoms with E-state index in [1.807, 2.05) is 12.2 Å². The maximum atomic E-state index is 10.9. The number of esters is 1. The molecule has 0 fully saturated rings. The van der Waals surface area contributed by atoms with E-state index in [-0.39, 0.29) is 5.97 Å². The van der Waals surface area contributed by atoms with Crippen LogP contribution in [0.15, 0.2) is 24.8 Å². The zero-order valence-electron chi connectivity index (χ0n) is 13.9. The number of allylic oxidation sites excluding steroid dienone is 3. The van der Waals surface area contributed by atoms with Crippen molar-refractivity contribution < 1.29 is 14.6 Å².